The number of phenolic OH excluding ortho intramolecular Hbond substituents is 2. The highest BCUT2D eigenvalue weighted by atomic mass is 35.5. The SMILES string of the molecule is C=C(CCCc1ncc(C)cc1C)N1CCc2c(Cl)c(O)c(O)c(Cl)c2C1.CCC. The summed E-state index contributed by atoms with van der Waals surface area (Å²) in [5.41, 5.74) is 6.14. The zero-order valence-electron chi connectivity index (χ0n) is 18.4. The van der Waals surface area contributed by atoms with Crippen LogP contribution in [0, 0.1) is 13.8 Å². The number of hydrogen-bond donors (Lipinski definition) is 2. The van der Waals surface area contributed by atoms with E-state index >= 15 is 0 Å². The minimum atomic E-state index is -0.353. The van der Waals surface area contributed by atoms with Crippen LogP contribution in [0.4, 0.5) is 0 Å². The van der Waals surface area contributed by atoms with E-state index in [0.717, 1.165) is 48.3 Å². The molecule has 1 aromatic heterocycles. The Bertz CT molecular complexity index is 913. The number of nitrogens with zero attached hydrogens (tertiary/aromatic N) is 2. The molecule has 0 bridgehead atoms. The van der Waals surface area contributed by atoms with Crippen LogP contribution in [0.2, 0.25) is 10.0 Å². The summed E-state index contributed by atoms with van der Waals surface area (Å²) in [5, 5.41) is 20.2. The lowest BCUT2D eigenvalue weighted by Gasteiger charge is -2.33. The summed E-state index contributed by atoms with van der Waals surface area (Å²) in [5.74, 6) is -0.692. The average Bonchev–Trinajstić information content (AvgIpc) is 2.72. The highest BCUT2D eigenvalue weighted by molar-refractivity contribution is 6.36. The molecule has 0 saturated heterocycles. The smallest absolute Gasteiger partial charge is 0.178 e. The molecule has 2 N–H and O–H groups in total. The molecule has 164 valence electrons. The lowest BCUT2D eigenvalue weighted by Crippen LogP contribution is -2.30. The summed E-state index contributed by atoms with van der Waals surface area (Å²) in [7, 11) is 0. The number of pyridine rings is 1. The van der Waals surface area contributed by atoms with Crippen molar-refractivity contribution in [3.8, 4) is 11.5 Å². The molecule has 3 rings (SSSR count). The maximum Gasteiger partial charge on any atom is 0.178 e. The molecule has 6 heteroatoms. The predicted molar refractivity (Wildman–Crippen MR) is 126 cm³/mol. The van der Waals surface area contributed by atoms with Crippen LogP contribution < -0.4 is 0 Å². The fraction of sp³-hybridized carbons (Fsp3) is 0.458. The first-order valence-corrected chi connectivity index (χ1v) is 11.2. The monoisotopic (exact) mass is 450 g/mol. The summed E-state index contributed by atoms with van der Waals surface area (Å²) in [4.78, 5) is 6.69. The van der Waals surface area contributed by atoms with Gasteiger partial charge in [-0.05, 0) is 61.8 Å². The van der Waals surface area contributed by atoms with Gasteiger partial charge in [0.05, 0.1) is 10.0 Å². The summed E-state index contributed by atoms with van der Waals surface area (Å²) < 4.78 is 0. The molecule has 30 heavy (non-hydrogen) atoms. The number of fused-ring (bicyclic) bond motifs is 1. The van der Waals surface area contributed by atoms with Gasteiger partial charge in [-0.1, -0.05) is 56.1 Å². The number of phenols is 2. The fourth-order valence-electron chi connectivity index (χ4n) is 3.59. The first-order chi connectivity index (χ1) is 14.2. The van der Waals surface area contributed by atoms with Gasteiger partial charge in [0.15, 0.2) is 11.5 Å². The summed E-state index contributed by atoms with van der Waals surface area (Å²) in [6, 6.07) is 2.16. The van der Waals surface area contributed by atoms with Crippen molar-refractivity contribution < 1.29 is 10.2 Å². The van der Waals surface area contributed by atoms with Crippen LogP contribution in [-0.2, 0) is 19.4 Å². The Hall–Kier alpha value is -1.91. The van der Waals surface area contributed by atoms with Crippen LogP contribution in [0.25, 0.3) is 0 Å². The second-order valence-corrected chi connectivity index (χ2v) is 8.61. The van der Waals surface area contributed by atoms with Crippen LogP contribution in [0.15, 0.2) is 24.5 Å². The van der Waals surface area contributed by atoms with Gasteiger partial charge in [-0.15, -0.1) is 0 Å². The summed E-state index contributed by atoms with van der Waals surface area (Å²) >= 11 is 12.4. The molecule has 0 unspecified atom stereocenters. The van der Waals surface area contributed by atoms with Crippen molar-refractivity contribution in [1.29, 1.82) is 0 Å². The van der Waals surface area contributed by atoms with Gasteiger partial charge in [0.1, 0.15) is 0 Å². The second-order valence-electron chi connectivity index (χ2n) is 7.86. The Balaban J connectivity index is 0.00000101. The lowest BCUT2D eigenvalue weighted by molar-refractivity contribution is 0.308. The van der Waals surface area contributed by atoms with Gasteiger partial charge in [-0.2, -0.15) is 0 Å². The number of benzene rings is 1. The number of rotatable bonds is 5. The number of aryl methyl sites for hydroxylation is 3. The lowest BCUT2D eigenvalue weighted by atomic mass is 9.97. The van der Waals surface area contributed by atoms with Crippen molar-refractivity contribution in [2.45, 2.75) is 66.3 Å². The Kier molecular flexibility index (Phi) is 8.87. The van der Waals surface area contributed by atoms with E-state index in [1.54, 1.807) is 0 Å². The number of hydrogen-bond acceptors (Lipinski definition) is 4. The molecular weight excluding hydrogens is 419 g/mol. The van der Waals surface area contributed by atoms with Crippen LogP contribution >= 0.6 is 23.2 Å². The Labute approximate surface area is 190 Å². The number of aromatic nitrogens is 1. The van der Waals surface area contributed by atoms with Crippen LogP contribution in [0.5, 0.6) is 11.5 Å². The zero-order valence-corrected chi connectivity index (χ0v) is 19.9. The van der Waals surface area contributed by atoms with E-state index in [1.165, 1.54) is 17.5 Å². The Morgan fingerprint density at radius 1 is 1.13 bits per heavy atom. The Morgan fingerprint density at radius 3 is 2.33 bits per heavy atom. The van der Waals surface area contributed by atoms with Crippen molar-refractivity contribution in [1.82, 2.24) is 9.88 Å². The quantitative estimate of drug-likeness (QED) is 0.495. The van der Waals surface area contributed by atoms with Gasteiger partial charge in [0.25, 0.3) is 0 Å². The molecule has 0 aliphatic carbocycles. The van der Waals surface area contributed by atoms with Gasteiger partial charge in [-0.3, -0.25) is 4.98 Å². The molecule has 0 amide bonds. The standard InChI is InChI=1S/C21H24Cl2N2O2.C3H8/c1-12-9-13(2)17(24-10-12)6-4-5-14(3)25-8-7-15-16(11-25)19(23)21(27)20(26)18(15)22;1-3-2/h9-10,26-27H,3-8,11H2,1-2H3;3H2,1-2H3. The maximum absolute atomic E-state index is 9.97. The molecule has 0 atom stereocenters. The molecule has 1 aliphatic rings. The normalized spacial score (nSPS) is 12.8. The summed E-state index contributed by atoms with van der Waals surface area (Å²) in [6.45, 7) is 13.9. The highest BCUT2D eigenvalue weighted by Crippen LogP contribution is 2.46. The molecular formula is C24H32Cl2N2O2. The molecule has 2 aromatic rings. The molecule has 0 spiro atoms. The number of allylic oxidation sites excluding steroid dienone is 1. The van der Waals surface area contributed by atoms with Crippen LogP contribution in [0.3, 0.4) is 0 Å². The first kappa shape index (κ1) is 24.4. The van der Waals surface area contributed by atoms with Gasteiger partial charge in [0.2, 0.25) is 0 Å². The maximum atomic E-state index is 9.97. The van der Waals surface area contributed by atoms with Crippen LogP contribution in [-0.4, -0.2) is 26.6 Å². The van der Waals surface area contributed by atoms with E-state index in [9.17, 15) is 10.2 Å². The highest BCUT2D eigenvalue weighted by Gasteiger charge is 2.27. The van der Waals surface area contributed by atoms with Crippen molar-refractivity contribution in [3.63, 3.8) is 0 Å². The molecule has 0 saturated carbocycles. The topological polar surface area (TPSA) is 56.6 Å². The minimum Gasteiger partial charge on any atom is -0.503 e. The molecule has 2 heterocycles. The van der Waals surface area contributed by atoms with Crippen LogP contribution in [0.1, 0.15) is 61.1 Å². The van der Waals surface area contributed by atoms with Gasteiger partial charge in [-0.25, -0.2) is 0 Å². The van der Waals surface area contributed by atoms with E-state index in [4.69, 9.17) is 23.2 Å². The number of aromatic hydroxyl groups is 2. The molecule has 0 fully saturated rings. The molecule has 1 aromatic carbocycles. The van der Waals surface area contributed by atoms with Crippen molar-refractivity contribution >= 4 is 23.2 Å². The van der Waals surface area contributed by atoms with Gasteiger partial charge in [0, 0.05) is 30.7 Å². The minimum absolute atomic E-state index is 0.170. The van der Waals surface area contributed by atoms with Crippen molar-refractivity contribution in [3.05, 3.63) is 62.5 Å². The van der Waals surface area contributed by atoms with E-state index < -0.39 is 0 Å². The third-order valence-electron chi connectivity index (χ3n) is 5.16. The van der Waals surface area contributed by atoms with E-state index in [2.05, 4.69) is 50.2 Å². The third kappa shape index (κ3) is 5.61. The van der Waals surface area contributed by atoms with E-state index in [0.29, 0.717) is 13.0 Å². The van der Waals surface area contributed by atoms with E-state index in [1.807, 2.05) is 6.20 Å². The molecule has 0 radical (unpaired) electrons. The fourth-order valence-corrected chi connectivity index (χ4v) is 4.16. The van der Waals surface area contributed by atoms with Crippen molar-refractivity contribution in [2.75, 3.05) is 6.54 Å². The third-order valence-corrected chi connectivity index (χ3v) is 5.98. The number of halogens is 2. The summed E-state index contributed by atoms with van der Waals surface area (Å²) in [6.07, 6.45) is 6.55. The second kappa shape index (κ2) is 10.9. The average molecular weight is 451 g/mol. The predicted octanol–water partition coefficient (Wildman–Crippen LogP) is 6.73. The van der Waals surface area contributed by atoms with Gasteiger partial charge >= 0.3 is 0 Å². The largest absolute Gasteiger partial charge is 0.503 e. The zero-order chi connectivity index (χ0) is 22.4. The van der Waals surface area contributed by atoms with E-state index in [-0.39, 0.29) is 21.5 Å². The first-order valence-electron chi connectivity index (χ1n) is 10.5. The Morgan fingerprint density at radius 2 is 1.73 bits per heavy atom. The molecule has 4 nitrogen and oxygen atoms in total. The van der Waals surface area contributed by atoms with Crippen molar-refractivity contribution in [2.24, 2.45) is 0 Å². The van der Waals surface area contributed by atoms with Gasteiger partial charge < -0.3 is 15.1 Å². The molecule has 1 aliphatic heterocycles.